The van der Waals surface area contributed by atoms with E-state index in [-0.39, 0.29) is 23.5 Å². The predicted octanol–water partition coefficient (Wildman–Crippen LogP) is 1.36. The molecule has 6 nitrogen and oxygen atoms in total. The van der Waals surface area contributed by atoms with Crippen LogP contribution in [-0.2, 0) is 4.79 Å². The number of carboxylic acid groups (broad SMARTS) is 1. The van der Waals surface area contributed by atoms with E-state index in [0.717, 1.165) is 19.3 Å². The molecule has 0 bridgehead atoms. The van der Waals surface area contributed by atoms with Crippen molar-refractivity contribution in [2.24, 2.45) is 5.41 Å². The number of hydrogen-bond donors (Lipinski definition) is 2. The van der Waals surface area contributed by atoms with Gasteiger partial charge >= 0.3 is 5.97 Å². The quantitative estimate of drug-likeness (QED) is 0.825. The van der Waals surface area contributed by atoms with Crippen LogP contribution in [-0.4, -0.2) is 28.7 Å². The molecule has 0 unspecified atom stereocenters. The summed E-state index contributed by atoms with van der Waals surface area (Å²) in [7, 11) is 0. The Morgan fingerprint density at radius 3 is 2.72 bits per heavy atom. The molecule has 2 rings (SSSR count). The SMILES string of the molecule is Cc1cc(C(=O)NCC2(CC(=O)O)CCC2)on1. The van der Waals surface area contributed by atoms with Crippen molar-refractivity contribution in [3.05, 3.63) is 17.5 Å². The summed E-state index contributed by atoms with van der Waals surface area (Å²) in [5, 5.41) is 15.2. The van der Waals surface area contributed by atoms with Gasteiger partial charge in [-0.1, -0.05) is 11.6 Å². The molecule has 0 spiro atoms. The van der Waals surface area contributed by atoms with Gasteiger partial charge in [-0.25, -0.2) is 0 Å². The Balaban J connectivity index is 1.90. The summed E-state index contributed by atoms with van der Waals surface area (Å²) in [5.41, 5.74) is 0.361. The fourth-order valence-corrected chi connectivity index (χ4v) is 2.24. The Hall–Kier alpha value is -1.85. The van der Waals surface area contributed by atoms with Gasteiger partial charge in [0.25, 0.3) is 5.91 Å². The van der Waals surface area contributed by atoms with E-state index in [4.69, 9.17) is 9.63 Å². The van der Waals surface area contributed by atoms with Crippen LogP contribution < -0.4 is 5.32 Å². The molecule has 0 radical (unpaired) electrons. The summed E-state index contributed by atoms with van der Waals surface area (Å²) in [5.74, 6) is -0.996. The number of carbonyl (C=O) groups is 2. The third-order valence-corrected chi connectivity index (χ3v) is 3.42. The predicted molar refractivity (Wildman–Crippen MR) is 62.1 cm³/mol. The van der Waals surface area contributed by atoms with E-state index in [1.807, 2.05) is 0 Å². The molecule has 0 atom stereocenters. The number of aryl methyl sites for hydroxylation is 1. The van der Waals surface area contributed by atoms with Crippen LogP contribution in [0.3, 0.4) is 0 Å². The molecule has 0 aliphatic heterocycles. The van der Waals surface area contributed by atoms with Crippen molar-refractivity contribution >= 4 is 11.9 Å². The minimum atomic E-state index is -0.820. The van der Waals surface area contributed by atoms with Gasteiger partial charge in [0, 0.05) is 12.6 Å². The number of nitrogens with one attached hydrogen (secondary N) is 1. The molecule has 98 valence electrons. The van der Waals surface area contributed by atoms with E-state index < -0.39 is 5.97 Å². The minimum absolute atomic E-state index is 0.0999. The minimum Gasteiger partial charge on any atom is -0.481 e. The number of hydrogen-bond acceptors (Lipinski definition) is 4. The zero-order chi connectivity index (χ0) is 13.2. The summed E-state index contributed by atoms with van der Waals surface area (Å²) < 4.78 is 4.85. The zero-order valence-electron chi connectivity index (χ0n) is 10.2. The molecule has 1 fully saturated rings. The standard InChI is InChI=1S/C12H16N2O4/c1-8-5-9(18-14-8)11(17)13-7-12(3-2-4-12)6-10(15)16/h5H,2-4,6-7H2,1H3,(H,13,17)(H,15,16). The lowest BCUT2D eigenvalue weighted by atomic mass is 9.66. The second-order valence-corrected chi connectivity index (χ2v) is 4.94. The average Bonchev–Trinajstić information content (AvgIpc) is 2.68. The largest absolute Gasteiger partial charge is 0.481 e. The van der Waals surface area contributed by atoms with Gasteiger partial charge in [0.1, 0.15) is 0 Å². The van der Waals surface area contributed by atoms with Crippen molar-refractivity contribution in [1.29, 1.82) is 0 Å². The van der Waals surface area contributed by atoms with Gasteiger partial charge in [-0.2, -0.15) is 0 Å². The molecule has 1 amide bonds. The van der Waals surface area contributed by atoms with Crippen LogP contribution in [0.2, 0.25) is 0 Å². The number of carboxylic acids is 1. The highest BCUT2D eigenvalue weighted by molar-refractivity contribution is 5.91. The third-order valence-electron chi connectivity index (χ3n) is 3.42. The fourth-order valence-electron chi connectivity index (χ4n) is 2.24. The monoisotopic (exact) mass is 252 g/mol. The van der Waals surface area contributed by atoms with E-state index in [9.17, 15) is 9.59 Å². The lowest BCUT2D eigenvalue weighted by Gasteiger charge is -2.40. The first-order valence-electron chi connectivity index (χ1n) is 5.94. The van der Waals surface area contributed by atoms with E-state index in [1.54, 1.807) is 13.0 Å². The summed E-state index contributed by atoms with van der Waals surface area (Å²) in [6, 6.07) is 1.56. The van der Waals surface area contributed by atoms with Gasteiger partial charge < -0.3 is 14.9 Å². The van der Waals surface area contributed by atoms with Crippen molar-refractivity contribution in [2.45, 2.75) is 32.6 Å². The zero-order valence-corrected chi connectivity index (χ0v) is 10.2. The van der Waals surface area contributed by atoms with Gasteiger partial charge in [0.15, 0.2) is 0 Å². The Morgan fingerprint density at radius 1 is 1.56 bits per heavy atom. The van der Waals surface area contributed by atoms with Gasteiger partial charge in [-0.15, -0.1) is 0 Å². The highest BCUT2D eigenvalue weighted by Gasteiger charge is 2.39. The Bertz CT molecular complexity index is 462. The second-order valence-electron chi connectivity index (χ2n) is 4.94. The van der Waals surface area contributed by atoms with Gasteiger partial charge in [-0.3, -0.25) is 9.59 Å². The molecule has 1 aliphatic carbocycles. The van der Waals surface area contributed by atoms with Gasteiger partial charge in [0.05, 0.1) is 12.1 Å². The van der Waals surface area contributed by atoms with Crippen LogP contribution in [0.5, 0.6) is 0 Å². The highest BCUT2D eigenvalue weighted by Crippen LogP contribution is 2.43. The molecule has 1 aromatic rings. The first-order valence-corrected chi connectivity index (χ1v) is 5.94. The molecule has 0 saturated heterocycles. The molecule has 6 heteroatoms. The third kappa shape index (κ3) is 2.69. The van der Waals surface area contributed by atoms with E-state index in [1.165, 1.54) is 0 Å². The molecular formula is C12H16N2O4. The second kappa shape index (κ2) is 4.80. The lowest BCUT2D eigenvalue weighted by molar-refractivity contribution is -0.141. The van der Waals surface area contributed by atoms with Crippen LogP contribution in [0.25, 0.3) is 0 Å². The maximum atomic E-state index is 11.7. The van der Waals surface area contributed by atoms with E-state index in [0.29, 0.717) is 12.2 Å². The van der Waals surface area contributed by atoms with Crippen molar-refractivity contribution in [2.75, 3.05) is 6.54 Å². The highest BCUT2D eigenvalue weighted by atomic mass is 16.5. The van der Waals surface area contributed by atoms with Crippen LogP contribution in [0.15, 0.2) is 10.6 Å². The summed E-state index contributed by atoms with van der Waals surface area (Å²) in [6.07, 6.45) is 2.80. The maximum absolute atomic E-state index is 11.7. The first-order chi connectivity index (χ1) is 8.51. The number of nitrogens with zero attached hydrogens (tertiary/aromatic N) is 1. The van der Waals surface area contributed by atoms with Crippen LogP contribution in [0, 0.1) is 12.3 Å². The van der Waals surface area contributed by atoms with Crippen molar-refractivity contribution < 1.29 is 19.2 Å². The van der Waals surface area contributed by atoms with Crippen molar-refractivity contribution in [3.8, 4) is 0 Å². The molecule has 18 heavy (non-hydrogen) atoms. The molecule has 1 saturated carbocycles. The number of rotatable bonds is 5. The summed E-state index contributed by atoms with van der Waals surface area (Å²) in [4.78, 5) is 22.5. The molecule has 1 aliphatic rings. The smallest absolute Gasteiger partial charge is 0.303 e. The van der Waals surface area contributed by atoms with Crippen LogP contribution in [0.4, 0.5) is 0 Å². The maximum Gasteiger partial charge on any atom is 0.303 e. The Morgan fingerprint density at radius 2 is 2.28 bits per heavy atom. The summed E-state index contributed by atoms with van der Waals surface area (Å²) >= 11 is 0. The normalized spacial score (nSPS) is 16.9. The number of aliphatic carboxylic acids is 1. The fraction of sp³-hybridized carbons (Fsp3) is 0.583. The summed E-state index contributed by atoms with van der Waals surface area (Å²) in [6.45, 7) is 2.11. The van der Waals surface area contributed by atoms with Crippen LogP contribution in [0.1, 0.15) is 41.9 Å². The van der Waals surface area contributed by atoms with Gasteiger partial charge in [-0.05, 0) is 25.2 Å². The van der Waals surface area contributed by atoms with Gasteiger partial charge in [0.2, 0.25) is 5.76 Å². The number of carbonyl (C=O) groups excluding carboxylic acids is 1. The van der Waals surface area contributed by atoms with Crippen molar-refractivity contribution in [3.63, 3.8) is 0 Å². The Kier molecular flexibility index (Phi) is 3.36. The lowest BCUT2D eigenvalue weighted by Crippen LogP contribution is -2.43. The topological polar surface area (TPSA) is 92.4 Å². The molecule has 2 N–H and O–H groups in total. The molecule has 1 heterocycles. The average molecular weight is 252 g/mol. The van der Waals surface area contributed by atoms with E-state index in [2.05, 4.69) is 10.5 Å². The molecule has 1 aromatic heterocycles. The number of amides is 1. The van der Waals surface area contributed by atoms with Crippen molar-refractivity contribution in [1.82, 2.24) is 10.5 Å². The molecule has 0 aromatic carbocycles. The van der Waals surface area contributed by atoms with Crippen LogP contribution >= 0.6 is 0 Å². The molecular weight excluding hydrogens is 236 g/mol. The Labute approximate surface area is 104 Å². The first kappa shape index (κ1) is 12.6. The number of aromatic nitrogens is 1. The van der Waals surface area contributed by atoms with E-state index >= 15 is 0 Å².